The SMILES string of the molecule is CC1C(=O)N(Nc2cc(CN3CCN(Cc4ccccc4)CC3)c3ccc(Br)cc3n2)C(=O)C1C. The van der Waals surface area contributed by atoms with Crippen molar-refractivity contribution in [3.05, 3.63) is 70.2 Å². The molecule has 0 aliphatic carbocycles. The molecule has 2 unspecified atom stereocenters. The van der Waals surface area contributed by atoms with E-state index in [0.29, 0.717) is 5.82 Å². The molecule has 5 rings (SSSR count). The lowest BCUT2D eigenvalue weighted by molar-refractivity contribution is -0.138. The molecular formula is C27H30BrN5O2. The Bertz CT molecular complexity index is 1220. The summed E-state index contributed by atoms with van der Waals surface area (Å²) in [7, 11) is 0. The number of pyridine rings is 1. The molecule has 1 aromatic heterocycles. The van der Waals surface area contributed by atoms with Crippen LogP contribution in [0.4, 0.5) is 5.82 Å². The van der Waals surface area contributed by atoms with Crippen molar-refractivity contribution in [1.29, 1.82) is 0 Å². The third-order valence-electron chi connectivity index (χ3n) is 7.16. The number of rotatable bonds is 6. The van der Waals surface area contributed by atoms with Crippen LogP contribution in [0.3, 0.4) is 0 Å². The number of fused-ring (bicyclic) bond motifs is 1. The fourth-order valence-corrected chi connectivity index (χ4v) is 5.17. The number of hydrogen-bond acceptors (Lipinski definition) is 6. The molecule has 1 N–H and O–H groups in total. The number of piperazine rings is 1. The molecule has 7 nitrogen and oxygen atoms in total. The molecule has 35 heavy (non-hydrogen) atoms. The van der Waals surface area contributed by atoms with E-state index >= 15 is 0 Å². The Balaban J connectivity index is 1.33. The largest absolute Gasteiger partial charge is 0.297 e. The summed E-state index contributed by atoms with van der Waals surface area (Å²) in [5.74, 6) is -0.590. The number of halogens is 1. The Morgan fingerprint density at radius 2 is 1.51 bits per heavy atom. The molecule has 182 valence electrons. The molecule has 2 fully saturated rings. The van der Waals surface area contributed by atoms with Gasteiger partial charge in [0, 0.05) is 61.0 Å². The van der Waals surface area contributed by atoms with Gasteiger partial charge in [0.15, 0.2) is 0 Å². The van der Waals surface area contributed by atoms with E-state index in [9.17, 15) is 9.59 Å². The van der Waals surface area contributed by atoms with Crippen molar-refractivity contribution in [2.45, 2.75) is 26.9 Å². The third kappa shape index (κ3) is 5.10. The number of nitrogens with one attached hydrogen (secondary N) is 1. The summed E-state index contributed by atoms with van der Waals surface area (Å²) < 4.78 is 0.936. The van der Waals surface area contributed by atoms with E-state index in [-0.39, 0.29) is 23.7 Å². The number of imide groups is 1. The van der Waals surface area contributed by atoms with Crippen LogP contribution in [0.2, 0.25) is 0 Å². The topological polar surface area (TPSA) is 68.8 Å². The van der Waals surface area contributed by atoms with E-state index in [1.54, 1.807) is 13.8 Å². The van der Waals surface area contributed by atoms with Crippen molar-refractivity contribution in [2.75, 3.05) is 31.6 Å². The van der Waals surface area contributed by atoms with Gasteiger partial charge >= 0.3 is 0 Å². The minimum absolute atomic E-state index is 0.213. The molecule has 3 aromatic rings. The minimum atomic E-state index is -0.337. The van der Waals surface area contributed by atoms with Crippen molar-refractivity contribution in [3.63, 3.8) is 0 Å². The van der Waals surface area contributed by atoms with E-state index in [1.165, 1.54) is 5.56 Å². The molecule has 2 aliphatic rings. The van der Waals surface area contributed by atoms with Gasteiger partial charge in [-0.05, 0) is 29.3 Å². The molecule has 2 aliphatic heterocycles. The lowest BCUT2D eigenvalue weighted by Gasteiger charge is -2.35. The van der Waals surface area contributed by atoms with Gasteiger partial charge in [0.2, 0.25) is 0 Å². The lowest BCUT2D eigenvalue weighted by Crippen LogP contribution is -2.45. The summed E-state index contributed by atoms with van der Waals surface area (Å²) in [6.07, 6.45) is 0. The van der Waals surface area contributed by atoms with Crippen LogP contribution in [0, 0.1) is 11.8 Å². The average molecular weight is 536 g/mol. The first kappa shape index (κ1) is 23.9. The van der Waals surface area contributed by atoms with Crippen LogP contribution in [0.15, 0.2) is 59.1 Å². The molecule has 0 bridgehead atoms. The first-order valence-corrected chi connectivity index (χ1v) is 12.9. The van der Waals surface area contributed by atoms with Gasteiger partial charge in [-0.3, -0.25) is 24.8 Å². The molecule has 8 heteroatoms. The zero-order valence-electron chi connectivity index (χ0n) is 20.1. The van der Waals surface area contributed by atoms with Crippen LogP contribution in [0.25, 0.3) is 10.9 Å². The van der Waals surface area contributed by atoms with Crippen LogP contribution in [0.5, 0.6) is 0 Å². The normalized spacial score (nSPS) is 21.7. The van der Waals surface area contributed by atoms with E-state index in [2.05, 4.69) is 67.6 Å². The molecule has 2 atom stereocenters. The fraction of sp³-hybridized carbons (Fsp3) is 0.370. The number of nitrogens with zero attached hydrogens (tertiary/aromatic N) is 4. The molecule has 0 saturated carbocycles. The third-order valence-corrected chi connectivity index (χ3v) is 7.65. The first-order chi connectivity index (χ1) is 16.9. The van der Waals surface area contributed by atoms with Crippen LogP contribution >= 0.6 is 15.9 Å². The van der Waals surface area contributed by atoms with Gasteiger partial charge in [-0.1, -0.05) is 66.2 Å². The maximum atomic E-state index is 12.6. The van der Waals surface area contributed by atoms with Gasteiger partial charge in [-0.25, -0.2) is 4.98 Å². The van der Waals surface area contributed by atoms with Gasteiger partial charge in [0.05, 0.1) is 5.52 Å². The van der Waals surface area contributed by atoms with Gasteiger partial charge < -0.3 is 0 Å². The number of hydrogen-bond donors (Lipinski definition) is 1. The average Bonchev–Trinajstić information content (AvgIpc) is 3.03. The standard InChI is InChI=1S/C27H30BrN5O2/c1-18-19(2)27(35)33(26(18)34)30-25-14-21(23-9-8-22(28)15-24(23)29-25)17-32-12-10-31(11-13-32)16-20-6-4-3-5-7-20/h3-9,14-15,18-19H,10-13,16-17H2,1-2H3,(H,29,30). The summed E-state index contributed by atoms with van der Waals surface area (Å²) in [4.78, 5) is 34.9. The highest BCUT2D eigenvalue weighted by Gasteiger charge is 2.43. The quantitative estimate of drug-likeness (QED) is 0.475. The second-order valence-electron chi connectivity index (χ2n) is 9.57. The number of benzene rings is 2. The molecular weight excluding hydrogens is 506 g/mol. The number of carbonyl (C=O) groups excluding carboxylic acids is 2. The molecule has 0 radical (unpaired) electrons. The molecule has 0 spiro atoms. The molecule has 3 heterocycles. The second-order valence-corrected chi connectivity index (χ2v) is 10.5. The Morgan fingerprint density at radius 1 is 0.886 bits per heavy atom. The van der Waals surface area contributed by atoms with Gasteiger partial charge in [-0.15, -0.1) is 0 Å². The number of hydrazine groups is 1. The van der Waals surface area contributed by atoms with Crippen LogP contribution < -0.4 is 5.43 Å². The van der Waals surface area contributed by atoms with Gasteiger partial charge in [-0.2, -0.15) is 5.01 Å². The summed E-state index contributed by atoms with van der Waals surface area (Å²) in [5.41, 5.74) is 6.30. The molecule has 2 amide bonds. The smallest absolute Gasteiger partial charge is 0.251 e. The number of carbonyl (C=O) groups is 2. The van der Waals surface area contributed by atoms with Crippen molar-refractivity contribution in [1.82, 2.24) is 19.8 Å². The van der Waals surface area contributed by atoms with E-state index < -0.39 is 0 Å². The Labute approximate surface area is 214 Å². The maximum absolute atomic E-state index is 12.6. The zero-order valence-corrected chi connectivity index (χ0v) is 21.7. The number of aromatic nitrogens is 1. The number of amides is 2. The van der Waals surface area contributed by atoms with Crippen molar-refractivity contribution in [3.8, 4) is 0 Å². The van der Waals surface area contributed by atoms with E-state index in [4.69, 9.17) is 4.98 Å². The van der Waals surface area contributed by atoms with Crippen LogP contribution in [-0.4, -0.2) is 57.8 Å². The second kappa shape index (κ2) is 10.0. The zero-order chi connectivity index (χ0) is 24.5. The van der Waals surface area contributed by atoms with Crippen LogP contribution in [-0.2, 0) is 22.7 Å². The maximum Gasteiger partial charge on any atom is 0.251 e. The van der Waals surface area contributed by atoms with Gasteiger partial charge in [0.25, 0.3) is 11.8 Å². The fourth-order valence-electron chi connectivity index (χ4n) is 4.82. The number of anilines is 1. The summed E-state index contributed by atoms with van der Waals surface area (Å²) in [5, 5.41) is 2.21. The minimum Gasteiger partial charge on any atom is -0.297 e. The van der Waals surface area contributed by atoms with Crippen molar-refractivity contribution >= 4 is 44.5 Å². The molecule has 2 saturated heterocycles. The summed E-state index contributed by atoms with van der Waals surface area (Å²) in [6, 6.07) is 18.6. The lowest BCUT2D eigenvalue weighted by atomic mass is 10.00. The predicted molar refractivity (Wildman–Crippen MR) is 140 cm³/mol. The monoisotopic (exact) mass is 535 g/mol. The highest BCUT2D eigenvalue weighted by Crippen LogP contribution is 2.29. The van der Waals surface area contributed by atoms with Crippen molar-refractivity contribution < 1.29 is 9.59 Å². The Morgan fingerprint density at radius 3 is 2.17 bits per heavy atom. The Hall–Kier alpha value is -2.81. The van der Waals surface area contributed by atoms with Gasteiger partial charge in [0.1, 0.15) is 5.82 Å². The van der Waals surface area contributed by atoms with Crippen molar-refractivity contribution in [2.24, 2.45) is 11.8 Å². The highest BCUT2D eigenvalue weighted by molar-refractivity contribution is 9.10. The Kier molecular flexibility index (Phi) is 6.86. The summed E-state index contributed by atoms with van der Waals surface area (Å²) >= 11 is 3.54. The van der Waals surface area contributed by atoms with E-state index in [1.807, 2.05) is 18.2 Å². The molecule has 2 aromatic carbocycles. The summed E-state index contributed by atoms with van der Waals surface area (Å²) in [6.45, 7) is 9.33. The van der Waals surface area contributed by atoms with Crippen LogP contribution in [0.1, 0.15) is 25.0 Å². The van der Waals surface area contributed by atoms with E-state index in [0.717, 1.165) is 65.2 Å². The highest BCUT2D eigenvalue weighted by atomic mass is 79.9. The first-order valence-electron chi connectivity index (χ1n) is 12.1. The predicted octanol–water partition coefficient (Wildman–Crippen LogP) is 4.28.